The van der Waals surface area contributed by atoms with E-state index in [0.29, 0.717) is 0 Å². The summed E-state index contributed by atoms with van der Waals surface area (Å²) >= 11 is 0. The Labute approximate surface area is 152 Å². The standard InChI is InChI=1S/C22H20N4/c1-13-4-3-5-17(10-13)22-25-19-9-7-16(12-21(19)26-22)15-6-8-18-20(11-15)24-14(2)23-18/h3-12,14,23-24H,1-2H3,(H,25,26). The number of fused-ring (bicyclic) bond motifs is 2. The number of aromatic nitrogens is 2. The van der Waals surface area contributed by atoms with Crippen molar-refractivity contribution in [1.82, 2.24) is 9.97 Å². The van der Waals surface area contributed by atoms with E-state index in [0.717, 1.165) is 33.8 Å². The van der Waals surface area contributed by atoms with Crippen molar-refractivity contribution in [3.05, 3.63) is 66.2 Å². The fourth-order valence-electron chi connectivity index (χ4n) is 3.59. The Morgan fingerprint density at radius 1 is 0.808 bits per heavy atom. The number of aryl methyl sites for hydroxylation is 1. The molecule has 0 fully saturated rings. The average molecular weight is 340 g/mol. The minimum Gasteiger partial charge on any atom is -0.364 e. The predicted molar refractivity (Wildman–Crippen MR) is 108 cm³/mol. The van der Waals surface area contributed by atoms with Crippen LogP contribution in [0.2, 0.25) is 0 Å². The van der Waals surface area contributed by atoms with Gasteiger partial charge >= 0.3 is 0 Å². The maximum Gasteiger partial charge on any atom is 0.138 e. The zero-order chi connectivity index (χ0) is 17.7. The molecule has 1 unspecified atom stereocenters. The summed E-state index contributed by atoms with van der Waals surface area (Å²) in [6.07, 6.45) is 0.271. The highest BCUT2D eigenvalue weighted by Gasteiger charge is 2.16. The van der Waals surface area contributed by atoms with Crippen LogP contribution < -0.4 is 10.6 Å². The van der Waals surface area contributed by atoms with E-state index in [1.54, 1.807) is 0 Å². The van der Waals surface area contributed by atoms with Gasteiger partial charge in [0.2, 0.25) is 0 Å². The van der Waals surface area contributed by atoms with Crippen LogP contribution in [-0.4, -0.2) is 16.1 Å². The van der Waals surface area contributed by atoms with E-state index in [-0.39, 0.29) is 6.17 Å². The Morgan fingerprint density at radius 2 is 1.62 bits per heavy atom. The van der Waals surface area contributed by atoms with Crippen molar-refractivity contribution in [2.45, 2.75) is 20.0 Å². The van der Waals surface area contributed by atoms with Gasteiger partial charge in [-0.3, -0.25) is 0 Å². The number of rotatable bonds is 2. The summed E-state index contributed by atoms with van der Waals surface area (Å²) in [7, 11) is 0. The number of benzene rings is 3. The highest BCUT2D eigenvalue weighted by molar-refractivity contribution is 5.87. The molecule has 2 heterocycles. The molecular formula is C22H20N4. The van der Waals surface area contributed by atoms with Gasteiger partial charge in [0.1, 0.15) is 5.82 Å². The SMILES string of the molecule is Cc1cccc(-c2nc3ccc(-c4ccc5c(c4)NC(C)N5)cc3[nH]2)c1. The minimum atomic E-state index is 0.271. The Balaban J connectivity index is 1.55. The summed E-state index contributed by atoms with van der Waals surface area (Å²) in [5.74, 6) is 0.912. The molecule has 0 saturated carbocycles. The van der Waals surface area contributed by atoms with Gasteiger partial charge in [-0.15, -0.1) is 0 Å². The molecule has 1 aromatic heterocycles. The van der Waals surface area contributed by atoms with Gasteiger partial charge in [-0.1, -0.05) is 35.9 Å². The quantitative estimate of drug-likeness (QED) is 0.459. The van der Waals surface area contributed by atoms with Crippen LogP contribution in [0.25, 0.3) is 33.5 Å². The molecule has 1 atom stereocenters. The number of nitrogens with one attached hydrogen (secondary N) is 3. The Bertz CT molecular complexity index is 1130. The number of aromatic amines is 1. The first-order chi connectivity index (χ1) is 12.7. The van der Waals surface area contributed by atoms with E-state index < -0.39 is 0 Å². The molecule has 0 aliphatic carbocycles. The van der Waals surface area contributed by atoms with E-state index >= 15 is 0 Å². The Kier molecular flexibility index (Phi) is 3.25. The van der Waals surface area contributed by atoms with Crippen LogP contribution in [0.3, 0.4) is 0 Å². The van der Waals surface area contributed by atoms with Gasteiger partial charge in [0.15, 0.2) is 0 Å². The lowest BCUT2D eigenvalue weighted by molar-refractivity contribution is 0.956. The summed E-state index contributed by atoms with van der Waals surface area (Å²) in [6.45, 7) is 4.21. The van der Waals surface area contributed by atoms with Crippen LogP contribution in [0.1, 0.15) is 12.5 Å². The zero-order valence-corrected chi connectivity index (χ0v) is 14.8. The van der Waals surface area contributed by atoms with Gasteiger partial charge in [0.05, 0.1) is 28.6 Å². The largest absolute Gasteiger partial charge is 0.364 e. The first-order valence-corrected chi connectivity index (χ1v) is 8.90. The van der Waals surface area contributed by atoms with Gasteiger partial charge in [-0.2, -0.15) is 0 Å². The van der Waals surface area contributed by atoms with Crippen molar-refractivity contribution < 1.29 is 0 Å². The van der Waals surface area contributed by atoms with Crippen molar-refractivity contribution in [3.8, 4) is 22.5 Å². The molecule has 26 heavy (non-hydrogen) atoms. The maximum absolute atomic E-state index is 4.75. The third-order valence-corrected chi connectivity index (χ3v) is 4.87. The molecule has 5 rings (SSSR count). The Morgan fingerprint density at radius 3 is 2.50 bits per heavy atom. The van der Waals surface area contributed by atoms with Gasteiger partial charge < -0.3 is 15.6 Å². The van der Waals surface area contributed by atoms with Crippen molar-refractivity contribution >= 4 is 22.4 Å². The van der Waals surface area contributed by atoms with Gasteiger partial charge in [0, 0.05) is 5.56 Å². The normalized spacial score (nSPS) is 15.5. The number of anilines is 2. The smallest absolute Gasteiger partial charge is 0.138 e. The van der Waals surface area contributed by atoms with Crippen LogP contribution >= 0.6 is 0 Å². The molecule has 3 aromatic carbocycles. The highest BCUT2D eigenvalue weighted by atomic mass is 15.2. The molecule has 0 saturated heterocycles. The molecule has 1 aliphatic rings. The zero-order valence-electron chi connectivity index (χ0n) is 14.8. The van der Waals surface area contributed by atoms with Gasteiger partial charge in [0.25, 0.3) is 0 Å². The lowest BCUT2D eigenvalue weighted by Gasteiger charge is -2.05. The van der Waals surface area contributed by atoms with Crippen LogP contribution in [0.5, 0.6) is 0 Å². The molecule has 128 valence electrons. The summed E-state index contributed by atoms with van der Waals surface area (Å²) in [5.41, 5.74) is 9.08. The molecule has 4 aromatic rings. The van der Waals surface area contributed by atoms with E-state index in [1.807, 2.05) is 0 Å². The summed E-state index contributed by atoms with van der Waals surface area (Å²) < 4.78 is 0. The molecular weight excluding hydrogens is 320 g/mol. The van der Waals surface area contributed by atoms with E-state index in [1.165, 1.54) is 16.7 Å². The van der Waals surface area contributed by atoms with Crippen LogP contribution in [0.4, 0.5) is 11.4 Å². The van der Waals surface area contributed by atoms with Crippen molar-refractivity contribution in [2.75, 3.05) is 10.6 Å². The molecule has 3 N–H and O–H groups in total. The summed E-state index contributed by atoms with van der Waals surface area (Å²) in [6, 6.07) is 21.3. The average Bonchev–Trinajstić information content (AvgIpc) is 3.22. The lowest BCUT2D eigenvalue weighted by Crippen LogP contribution is -2.16. The first kappa shape index (κ1) is 15.0. The van der Waals surface area contributed by atoms with Crippen LogP contribution in [0.15, 0.2) is 60.7 Å². The third kappa shape index (κ3) is 2.51. The first-order valence-electron chi connectivity index (χ1n) is 8.90. The van der Waals surface area contributed by atoms with E-state index in [9.17, 15) is 0 Å². The van der Waals surface area contributed by atoms with E-state index in [4.69, 9.17) is 4.98 Å². The van der Waals surface area contributed by atoms with Crippen molar-refractivity contribution in [3.63, 3.8) is 0 Å². The predicted octanol–water partition coefficient (Wildman–Crippen LogP) is 5.39. The van der Waals surface area contributed by atoms with E-state index in [2.05, 4.69) is 90.1 Å². The lowest BCUT2D eigenvalue weighted by atomic mass is 10.0. The van der Waals surface area contributed by atoms with Gasteiger partial charge in [-0.05, 0) is 55.3 Å². The third-order valence-electron chi connectivity index (χ3n) is 4.87. The highest BCUT2D eigenvalue weighted by Crippen LogP contribution is 2.34. The molecule has 4 nitrogen and oxygen atoms in total. The second-order valence-corrected chi connectivity index (χ2v) is 6.96. The molecule has 1 aliphatic heterocycles. The Hall–Kier alpha value is -3.27. The second-order valence-electron chi connectivity index (χ2n) is 6.96. The fourth-order valence-corrected chi connectivity index (χ4v) is 3.59. The molecule has 0 radical (unpaired) electrons. The number of hydrogen-bond acceptors (Lipinski definition) is 3. The second kappa shape index (κ2) is 5.63. The van der Waals surface area contributed by atoms with Gasteiger partial charge in [-0.25, -0.2) is 4.98 Å². The number of imidazole rings is 1. The summed E-state index contributed by atoms with van der Waals surface area (Å²) in [5, 5.41) is 6.85. The maximum atomic E-state index is 4.75. The minimum absolute atomic E-state index is 0.271. The number of H-pyrrole nitrogens is 1. The van der Waals surface area contributed by atoms with Crippen molar-refractivity contribution in [1.29, 1.82) is 0 Å². The topological polar surface area (TPSA) is 52.7 Å². The van der Waals surface area contributed by atoms with Crippen molar-refractivity contribution in [2.24, 2.45) is 0 Å². The van der Waals surface area contributed by atoms with Crippen LogP contribution in [0, 0.1) is 6.92 Å². The number of hydrogen-bond donors (Lipinski definition) is 3. The molecule has 0 spiro atoms. The van der Waals surface area contributed by atoms with Crippen LogP contribution in [-0.2, 0) is 0 Å². The molecule has 0 amide bonds. The monoisotopic (exact) mass is 340 g/mol. The summed E-state index contributed by atoms with van der Waals surface area (Å²) in [4.78, 5) is 8.22. The molecule has 0 bridgehead atoms. The number of nitrogens with zero attached hydrogens (tertiary/aromatic N) is 1. The fraction of sp³-hybridized carbons (Fsp3) is 0.136. The molecule has 4 heteroatoms.